The molecule has 1 aliphatic carbocycles. The molecule has 2 bridgehead atoms. The summed E-state index contributed by atoms with van der Waals surface area (Å²) >= 11 is 0. The molecule has 2 aliphatic rings. The van der Waals surface area contributed by atoms with E-state index in [0.717, 1.165) is 25.2 Å². The van der Waals surface area contributed by atoms with Crippen LogP contribution in [0.4, 0.5) is 4.39 Å². The quantitative estimate of drug-likeness (QED) is 0.782. The fourth-order valence-electron chi connectivity index (χ4n) is 3.46. The van der Waals surface area contributed by atoms with E-state index in [2.05, 4.69) is 9.88 Å². The lowest BCUT2D eigenvalue weighted by Gasteiger charge is -2.28. The molecule has 0 N–H and O–H groups in total. The molecule has 102 valence electrons. The molecule has 3 rings (SSSR count). The highest BCUT2D eigenvalue weighted by Gasteiger charge is 2.38. The van der Waals surface area contributed by atoms with Crippen LogP contribution in [0.15, 0.2) is 18.3 Å². The molecule has 1 saturated heterocycles. The van der Waals surface area contributed by atoms with Gasteiger partial charge in [-0.2, -0.15) is 0 Å². The minimum Gasteiger partial charge on any atom is -0.299 e. The number of likely N-dealkylation sites (tertiary alicyclic amines) is 1. The Kier molecular flexibility index (Phi) is 3.35. The number of pyridine rings is 1. The van der Waals surface area contributed by atoms with Crippen LogP contribution in [-0.4, -0.2) is 34.8 Å². The van der Waals surface area contributed by atoms with E-state index in [1.165, 1.54) is 31.4 Å². The van der Waals surface area contributed by atoms with Gasteiger partial charge in [0.2, 0.25) is 0 Å². The van der Waals surface area contributed by atoms with Crippen molar-refractivity contribution in [3.05, 3.63) is 29.8 Å². The highest BCUT2D eigenvalue weighted by atomic mass is 19.1. The Morgan fingerprint density at radius 2 is 2.37 bits per heavy atom. The van der Waals surface area contributed by atoms with Crippen molar-refractivity contribution in [3.63, 3.8) is 0 Å². The van der Waals surface area contributed by atoms with Crippen molar-refractivity contribution in [1.82, 2.24) is 9.88 Å². The van der Waals surface area contributed by atoms with Crippen molar-refractivity contribution in [3.8, 4) is 0 Å². The Labute approximate surface area is 112 Å². The number of halogens is 1. The van der Waals surface area contributed by atoms with Crippen LogP contribution in [0.3, 0.4) is 0 Å². The molecule has 2 fully saturated rings. The Morgan fingerprint density at radius 1 is 1.53 bits per heavy atom. The molecule has 1 aromatic rings. The Morgan fingerprint density at radius 3 is 2.95 bits per heavy atom. The van der Waals surface area contributed by atoms with E-state index in [4.69, 9.17) is 0 Å². The van der Waals surface area contributed by atoms with Gasteiger partial charge in [-0.1, -0.05) is 6.92 Å². The van der Waals surface area contributed by atoms with Crippen LogP contribution in [0.1, 0.15) is 36.7 Å². The van der Waals surface area contributed by atoms with Gasteiger partial charge in [0, 0.05) is 25.0 Å². The highest BCUT2D eigenvalue weighted by molar-refractivity contribution is 5.95. The van der Waals surface area contributed by atoms with Gasteiger partial charge in [-0.05, 0) is 37.3 Å². The molecule has 3 unspecified atom stereocenters. The SMILES string of the molecule is CC(CN1CC2CCC1C2)C(=O)c1ccc(F)cn1. The van der Waals surface area contributed by atoms with Crippen LogP contribution < -0.4 is 0 Å². The number of rotatable bonds is 4. The molecular weight excluding hydrogens is 243 g/mol. The van der Waals surface area contributed by atoms with Crippen molar-refractivity contribution in [2.45, 2.75) is 32.2 Å². The van der Waals surface area contributed by atoms with Gasteiger partial charge < -0.3 is 0 Å². The molecule has 2 heterocycles. The third kappa shape index (κ3) is 2.54. The second-order valence-corrected chi connectivity index (χ2v) is 5.91. The summed E-state index contributed by atoms with van der Waals surface area (Å²) in [6.45, 7) is 3.89. The Bertz CT molecular complexity index is 474. The van der Waals surface area contributed by atoms with Gasteiger partial charge in [0.15, 0.2) is 5.78 Å². The van der Waals surface area contributed by atoms with Crippen LogP contribution in [0.2, 0.25) is 0 Å². The van der Waals surface area contributed by atoms with Gasteiger partial charge in [-0.15, -0.1) is 0 Å². The van der Waals surface area contributed by atoms with Crippen molar-refractivity contribution < 1.29 is 9.18 Å². The number of piperidine rings is 1. The predicted octanol–water partition coefficient (Wildman–Crippen LogP) is 2.52. The van der Waals surface area contributed by atoms with E-state index in [1.807, 2.05) is 6.92 Å². The van der Waals surface area contributed by atoms with E-state index in [0.29, 0.717) is 11.7 Å². The van der Waals surface area contributed by atoms with Gasteiger partial charge in [-0.25, -0.2) is 4.39 Å². The van der Waals surface area contributed by atoms with E-state index in [1.54, 1.807) is 0 Å². The lowest BCUT2D eigenvalue weighted by atomic mass is 10.0. The van der Waals surface area contributed by atoms with Crippen LogP contribution in [-0.2, 0) is 0 Å². The number of ketones is 1. The summed E-state index contributed by atoms with van der Waals surface area (Å²) in [4.78, 5) is 18.6. The number of fused-ring (bicyclic) bond motifs is 2. The average Bonchev–Trinajstić information content (AvgIpc) is 3.01. The third-order valence-electron chi connectivity index (χ3n) is 4.46. The maximum absolute atomic E-state index is 12.8. The topological polar surface area (TPSA) is 33.2 Å². The monoisotopic (exact) mass is 262 g/mol. The first-order valence-electron chi connectivity index (χ1n) is 7.03. The van der Waals surface area contributed by atoms with Gasteiger partial charge in [0.1, 0.15) is 11.5 Å². The van der Waals surface area contributed by atoms with Crippen LogP contribution in [0.5, 0.6) is 0 Å². The zero-order valence-corrected chi connectivity index (χ0v) is 11.2. The van der Waals surface area contributed by atoms with Crippen LogP contribution in [0, 0.1) is 17.7 Å². The molecule has 0 radical (unpaired) electrons. The second kappa shape index (κ2) is 5.00. The zero-order valence-electron chi connectivity index (χ0n) is 11.2. The van der Waals surface area contributed by atoms with Crippen LogP contribution in [0.25, 0.3) is 0 Å². The molecular formula is C15H19FN2O. The number of hydrogen-bond donors (Lipinski definition) is 0. The lowest BCUT2D eigenvalue weighted by Crippen LogP contribution is -2.37. The normalized spacial score (nSPS) is 27.7. The minimum atomic E-state index is -0.402. The number of Topliss-reactive ketones (excluding diaryl/α,β-unsaturated/α-hetero) is 1. The van der Waals surface area contributed by atoms with Gasteiger partial charge in [0.05, 0.1) is 6.20 Å². The number of nitrogens with zero attached hydrogens (tertiary/aromatic N) is 2. The molecule has 4 heteroatoms. The molecule has 1 saturated carbocycles. The second-order valence-electron chi connectivity index (χ2n) is 5.91. The fraction of sp³-hybridized carbons (Fsp3) is 0.600. The highest BCUT2D eigenvalue weighted by Crippen LogP contribution is 2.37. The molecule has 0 spiro atoms. The molecule has 1 aromatic heterocycles. The third-order valence-corrected chi connectivity index (χ3v) is 4.46. The predicted molar refractivity (Wildman–Crippen MR) is 70.4 cm³/mol. The van der Waals surface area contributed by atoms with Crippen molar-refractivity contribution >= 4 is 5.78 Å². The molecule has 0 amide bonds. The minimum absolute atomic E-state index is 0.0165. The maximum atomic E-state index is 12.8. The van der Waals surface area contributed by atoms with E-state index in [-0.39, 0.29) is 11.7 Å². The Hall–Kier alpha value is -1.29. The first-order chi connectivity index (χ1) is 9.13. The summed E-state index contributed by atoms with van der Waals surface area (Å²) in [5.41, 5.74) is 0.373. The summed E-state index contributed by atoms with van der Waals surface area (Å²) < 4.78 is 12.8. The van der Waals surface area contributed by atoms with E-state index < -0.39 is 5.82 Å². The first-order valence-corrected chi connectivity index (χ1v) is 7.03. The van der Waals surface area contributed by atoms with E-state index >= 15 is 0 Å². The largest absolute Gasteiger partial charge is 0.299 e. The van der Waals surface area contributed by atoms with Crippen molar-refractivity contribution in [2.75, 3.05) is 13.1 Å². The number of carbonyl (C=O) groups is 1. The van der Waals surface area contributed by atoms with Gasteiger partial charge in [0.25, 0.3) is 0 Å². The van der Waals surface area contributed by atoms with Crippen molar-refractivity contribution in [1.29, 1.82) is 0 Å². The van der Waals surface area contributed by atoms with Crippen LogP contribution >= 0.6 is 0 Å². The molecule has 3 nitrogen and oxygen atoms in total. The molecule has 0 aromatic carbocycles. The first kappa shape index (κ1) is 12.7. The number of carbonyl (C=O) groups excluding carboxylic acids is 1. The lowest BCUT2D eigenvalue weighted by molar-refractivity contribution is 0.0871. The smallest absolute Gasteiger partial charge is 0.185 e. The summed E-state index contributed by atoms with van der Waals surface area (Å²) in [7, 11) is 0. The summed E-state index contributed by atoms with van der Waals surface area (Å²) in [6.07, 6.45) is 5.04. The average molecular weight is 262 g/mol. The molecule has 19 heavy (non-hydrogen) atoms. The Balaban J connectivity index is 1.62. The number of hydrogen-bond acceptors (Lipinski definition) is 3. The fourth-order valence-corrected chi connectivity index (χ4v) is 3.46. The van der Waals surface area contributed by atoms with Gasteiger partial charge >= 0.3 is 0 Å². The van der Waals surface area contributed by atoms with E-state index in [9.17, 15) is 9.18 Å². The molecule has 3 atom stereocenters. The van der Waals surface area contributed by atoms with Crippen molar-refractivity contribution in [2.24, 2.45) is 11.8 Å². The summed E-state index contributed by atoms with van der Waals surface area (Å²) in [6, 6.07) is 3.45. The summed E-state index contributed by atoms with van der Waals surface area (Å²) in [5.74, 6) is 0.386. The summed E-state index contributed by atoms with van der Waals surface area (Å²) in [5, 5.41) is 0. The standard InChI is InChI=1S/C15H19FN2O/c1-10(8-18-9-11-2-4-13(18)6-11)15(19)14-5-3-12(16)7-17-14/h3,5,7,10-11,13H,2,4,6,8-9H2,1H3. The van der Waals surface area contributed by atoms with Gasteiger partial charge in [-0.3, -0.25) is 14.7 Å². The molecule has 1 aliphatic heterocycles. The maximum Gasteiger partial charge on any atom is 0.185 e. The zero-order chi connectivity index (χ0) is 13.4. The number of aromatic nitrogens is 1.